The summed E-state index contributed by atoms with van der Waals surface area (Å²) in [5.74, 6) is -3.04. The molecule has 0 aliphatic heterocycles. The van der Waals surface area contributed by atoms with Crippen LogP contribution in [0.4, 0.5) is 5.69 Å². The Morgan fingerprint density at radius 2 is 1.39 bits per heavy atom. The van der Waals surface area contributed by atoms with Gasteiger partial charge in [-0.15, -0.1) is 0 Å². The van der Waals surface area contributed by atoms with Gasteiger partial charge >= 0.3 is 11.9 Å². The second-order valence-corrected chi connectivity index (χ2v) is 4.76. The van der Waals surface area contributed by atoms with Crippen LogP contribution < -0.4 is 11.1 Å². The quantitative estimate of drug-likeness (QED) is 0.665. The van der Waals surface area contributed by atoms with Crippen LogP contribution in [0.3, 0.4) is 0 Å². The van der Waals surface area contributed by atoms with Gasteiger partial charge in [0.1, 0.15) is 0 Å². The Hall–Kier alpha value is -3.19. The fraction of sp³-hybridized carbons (Fsp3) is 0.0625. The van der Waals surface area contributed by atoms with E-state index in [-0.39, 0.29) is 16.8 Å². The maximum absolute atomic E-state index is 12.1. The Morgan fingerprint density at radius 1 is 0.870 bits per heavy atom. The van der Waals surface area contributed by atoms with Gasteiger partial charge in [0.05, 0.1) is 11.1 Å². The number of amides is 1. The average molecular weight is 314 g/mol. The molecule has 7 heteroatoms. The van der Waals surface area contributed by atoms with Crippen molar-refractivity contribution in [3.8, 4) is 0 Å². The average Bonchev–Trinajstić information content (AvgIpc) is 2.54. The topological polar surface area (TPSA) is 130 Å². The monoisotopic (exact) mass is 314 g/mol. The first-order chi connectivity index (χ1) is 10.9. The molecule has 0 aliphatic carbocycles. The number of aromatic carboxylic acids is 2. The molecule has 23 heavy (non-hydrogen) atoms. The Kier molecular flexibility index (Phi) is 4.72. The van der Waals surface area contributed by atoms with Gasteiger partial charge in [-0.25, -0.2) is 9.59 Å². The van der Waals surface area contributed by atoms with E-state index in [1.54, 1.807) is 24.3 Å². The summed E-state index contributed by atoms with van der Waals surface area (Å²) in [5.41, 5.74) is 6.33. The van der Waals surface area contributed by atoms with Crippen LogP contribution in [0.2, 0.25) is 0 Å². The summed E-state index contributed by atoms with van der Waals surface area (Å²) < 4.78 is 0. The SMILES string of the molecule is NCc1ccc(C(=O)Nc2cc(C(=O)O)cc(C(=O)O)c2)cc1. The second-order valence-electron chi connectivity index (χ2n) is 4.76. The van der Waals surface area contributed by atoms with Crippen LogP contribution in [-0.4, -0.2) is 28.1 Å². The van der Waals surface area contributed by atoms with Gasteiger partial charge < -0.3 is 21.3 Å². The van der Waals surface area contributed by atoms with Crippen LogP contribution in [0.5, 0.6) is 0 Å². The number of nitrogens with two attached hydrogens (primary N) is 1. The van der Waals surface area contributed by atoms with Crippen LogP contribution in [0.1, 0.15) is 36.6 Å². The molecule has 0 aliphatic rings. The number of carboxylic acids is 2. The number of anilines is 1. The highest BCUT2D eigenvalue weighted by atomic mass is 16.4. The molecule has 5 N–H and O–H groups in total. The van der Waals surface area contributed by atoms with Crippen LogP contribution in [0, 0.1) is 0 Å². The lowest BCUT2D eigenvalue weighted by atomic mass is 10.1. The molecule has 0 saturated carbocycles. The highest BCUT2D eigenvalue weighted by Crippen LogP contribution is 2.17. The maximum Gasteiger partial charge on any atom is 0.335 e. The first-order valence-electron chi connectivity index (χ1n) is 6.62. The smallest absolute Gasteiger partial charge is 0.335 e. The summed E-state index contributed by atoms with van der Waals surface area (Å²) in [5, 5.41) is 20.5. The third-order valence-electron chi connectivity index (χ3n) is 3.14. The molecule has 1 amide bonds. The summed E-state index contributed by atoms with van der Waals surface area (Å²) in [6.45, 7) is 0.352. The van der Waals surface area contributed by atoms with Crippen molar-refractivity contribution in [1.29, 1.82) is 0 Å². The second kappa shape index (κ2) is 6.71. The minimum absolute atomic E-state index is 0.0928. The van der Waals surface area contributed by atoms with E-state index in [0.717, 1.165) is 11.6 Å². The third kappa shape index (κ3) is 3.92. The molecule has 0 heterocycles. The molecule has 2 aromatic carbocycles. The van der Waals surface area contributed by atoms with Crippen molar-refractivity contribution in [3.05, 3.63) is 64.7 Å². The summed E-state index contributed by atoms with van der Waals surface area (Å²) in [6.07, 6.45) is 0. The summed E-state index contributed by atoms with van der Waals surface area (Å²) >= 11 is 0. The lowest BCUT2D eigenvalue weighted by molar-refractivity contribution is 0.0696. The van der Waals surface area contributed by atoms with Crippen molar-refractivity contribution < 1.29 is 24.6 Å². The molecule has 0 bridgehead atoms. The first kappa shape index (κ1) is 16.2. The third-order valence-corrected chi connectivity index (χ3v) is 3.14. The van der Waals surface area contributed by atoms with Gasteiger partial charge in [0.25, 0.3) is 5.91 Å². The highest BCUT2D eigenvalue weighted by Gasteiger charge is 2.13. The minimum atomic E-state index is -1.28. The van der Waals surface area contributed by atoms with E-state index in [4.69, 9.17) is 15.9 Å². The predicted octanol–water partition coefficient (Wildman–Crippen LogP) is 1.79. The lowest BCUT2D eigenvalue weighted by Gasteiger charge is -2.08. The predicted molar refractivity (Wildman–Crippen MR) is 82.6 cm³/mol. The van der Waals surface area contributed by atoms with Crippen molar-refractivity contribution in [2.24, 2.45) is 5.73 Å². The zero-order valence-electron chi connectivity index (χ0n) is 11.9. The molecule has 118 valence electrons. The molecule has 0 saturated heterocycles. The van der Waals surface area contributed by atoms with E-state index in [9.17, 15) is 14.4 Å². The maximum atomic E-state index is 12.1. The van der Waals surface area contributed by atoms with E-state index >= 15 is 0 Å². The van der Waals surface area contributed by atoms with Gasteiger partial charge in [-0.3, -0.25) is 4.79 Å². The number of benzene rings is 2. The van der Waals surface area contributed by atoms with Crippen LogP contribution in [-0.2, 0) is 6.54 Å². The summed E-state index contributed by atoms with van der Waals surface area (Å²) in [6, 6.07) is 9.97. The summed E-state index contributed by atoms with van der Waals surface area (Å²) in [7, 11) is 0. The van der Waals surface area contributed by atoms with Gasteiger partial charge in [0.2, 0.25) is 0 Å². The van der Waals surface area contributed by atoms with Crippen LogP contribution in [0.15, 0.2) is 42.5 Å². The molecule has 2 aromatic rings. The van der Waals surface area contributed by atoms with Crippen molar-refractivity contribution >= 4 is 23.5 Å². The van der Waals surface area contributed by atoms with Crippen molar-refractivity contribution in [2.45, 2.75) is 6.54 Å². The Bertz CT molecular complexity index is 736. The highest BCUT2D eigenvalue weighted by molar-refractivity contribution is 6.05. The van der Waals surface area contributed by atoms with Gasteiger partial charge in [-0.1, -0.05) is 12.1 Å². The number of nitrogens with one attached hydrogen (secondary N) is 1. The molecule has 7 nitrogen and oxygen atoms in total. The number of carboxylic acid groups (broad SMARTS) is 2. The van der Waals surface area contributed by atoms with Gasteiger partial charge in [0.15, 0.2) is 0 Å². The molecule has 0 spiro atoms. The number of carbonyl (C=O) groups is 3. The Morgan fingerprint density at radius 3 is 1.83 bits per heavy atom. The molecule has 0 radical (unpaired) electrons. The lowest BCUT2D eigenvalue weighted by Crippen LogP contribution is -2.13. The van der Waals surface area contributed by atoms with Crippen LogP contribution in [0.25, 0.3) is 0 Å². The fourth-order valence-corrected chi connectivity index (χ4v) is 1.94. The van der Waals surface area contributed by atoms with Gasteiger partial charge in [-0.05, 0) is 35.9 Å². The van der Waals surface area contributed by atoms with Crippen molar-refractivity contribution in [1.82, 2.24) is 0 Å². The van der Waals surface area contributed by atoms with E-state index in [0.29, 0.717) is 12.1 Å². The first-order valence-corrected chi connectivity index (χ1v) is 6.62. The Balaban J connectivity index is 2.28. The Labute approximate surface area is 131 Å². The van der Waals surface area contributed by atoms with Crippen molar-refractivity contribution in [3.63, 3.8) is 0 Å². The minimum Gasteiger partial charge on any atom is -0.478 e. The molecule has 0 atom stereocenters. The standard InChI is InChI=1S/C16H14N2O5/c17-8-9-1-3-10(4-2-9)14(19)18-13-6-11(15(20)21)5-12(7-13)16(22)23/h1-7H,8,17H2,(H,18,19)(H,20,21)(H,22,23). The van der Waals surface area contributed by atoms with Crippen LogP contribution >= 0.6 is 0 Å². The molecule has 0 fully saturated rings. The number of rotatable bonds is 5. The molecular weight excluding hydrogens is 300 g/mol. The molecule has 2 rings (SSSR count). The zero-order chi connectivity index (χ0) is 17.0. The molecule has 0 unspecified atom stereocenters. The zero-order valence-corrected chi connectivity index (χ0v) is 11.9. The largest absolute Gasteiger partial charge is 0.478 e. The number of hydrogen-bond acceptors (Lipinski definition) is 4. The normalized spacial score (nSPS) is 10.1. The molecular formula is C16H14N2O5. The molecule has 0 aromatic heterocycles. The number of hydrogen-bond donors (Lipinski definition) is 4. The van der Waals surface area contributed by atoms with E-state index < -0.39 is 17.8 Å². The van der Waals surface area contributed by atoms with Crippen molar-refractivity contribution in [2.75, 3.05) is 5.32 Å². The van der Waals surface area contributed by atoms with E-state index in [1.165, 1.54) is 12.1 Å². The summed E-state index contributed by atoms with van der Waals surface area (Å²) in [4.78, 5) is 34.2. The van der Waals surface area contributed by atoms with E-state index in [2.05, 4.69) is 5.32 Å². The van der Waals surface area contributed by atoms with Gasteiger partial charge in [0, 0.05) is 17.8 Å². The van der Waals surface area contributed by atoms with Gasteiger partial charge in [-0.2, -0.15) is 0 Å². The fourth-order valence-electron chi connectivity index (χ4n) is 1.94. The number of carbonyl (C=O) groups excluding carboxylic acids is 1. The van der Waals surface area contributed by atoms with E-state index in [1.807, 2.05) is 0 Å².